The minimum atomic E-state index is 0.0411. The first kappa shape index (κ1) is 11.8. The number of hydrogen-bond donors (Lipinski definition) is 3. The van der Waals surface area contributed by atoms with Gasteiger partial charge in [0.1, 0.15) is 0 Å². The van der Waals surface area contributed by atoms with Crippen LogP contribution in [0.4, 0.5) is 0 Å². The van der Waals surface area contributed by atoms with E-state index >= 15 is 0 Å². The molecule has 0 aliphatic heterocycles. The van der Waals surface area contributed by atoms with Gasteiger partial charge in [-0.25, -0.2) is 0 Å². The molecule has 0 aromatic heterocycles. The van der Waals surface area contributed by atoms with Crippen molar-refractivity contribution in [1.29, 1.82) is 5.41 Å². The van der Waals surface area contributed by atoms with Gasteiger partial charge in [-0.2, -0.15) is 0 Å². The molecule has 16 heavy (non-hydrogen) atoms. The molecule has 0 spiro atoms. The summed E-state index contributed by atoms with van der Waals surface area (Å²) < 4.78 is 4.93. The second kappa shape index (κ2) is 5.55. The van der Waals surface area contributed by atoms with E-state index in [-0.39, 0.29) is 5.75 Å². The number of nitrogens with one attached hydrogen (secondary N) is 2. The van der Waals surface area contributed by atoms with Gasteiger partial charge >= 0.3 is 0 Å². The van der Waals surface area contributed by atoms with Crippen LogP contribution in [-0.4, -0.2) is 24.8 Å². The number of phenols is 1. The van der Waals surface area contributed by atoms with Crippen LogP contribution in [0.15, 0.2) is 23.9 Å². The average Bonchev–Trinajstić information content (AvgIpc) is 2.30. The molecule has 1 rings (SSSR count). The van der Waals surface area contributed by atoms with Crippen molar-refractivity contribution < 1.29 is 14.6 Å². The summed E-state index contributed by atoms with van der Waals surface area (Å²) in [5.74, 6) is 0.378. The van der Waals surface area contributed by atoms with Crippen molar-refractivity contribution in [3.8, 4) is 11.5 Å². The van der Waals surface area contributed by atoms with Gasteiger partial charge in [0.25, 0.3) is 0 Å². The van der Waals surface area contributed by atoms with Crippen molar-refractivity contribution in [1.82, 2.24) is 5.32 Å². The number of carbonyl (C=O) groups is 1. The van der Waals surface area contributed by atoms with Gasteiger partial charge in [0.15, 0.2) is 11.5 Å². The molecular weight excluding hydrogens is 208 g/mol. The zero-order valence-corrected chi connectivity index (χ0v) is 8.73. The van der Waals surface area contributed by atoms with Crippen LogP contribution in [0, 0.1) is 5.41 Å². The number of hydrogen-bond acceptors (Lipinski definition) is 4. The molecule has 0 saturated heterocycles. The van der Waals surface area contributed by atoms with Crippen LogP contribution >= 0.6 is 0 Å². The molecule has 1 amide bonds. The Kier molecular flexibility index (Phi) is 4.08. The van der Waals surface area contributed by atoms with E-state index in [4.69, 9.17) is 10.1 Å². The third kappa shape index (κ3) is 2.84. The highest BCUT2D eigenvalue weighted by atomic mass is 16.5. The number of allylic oxidation sites excluding steroid dienone is 1. The summed E-state index contributed by atoms with van der Waals surface area (Å²) in [5, 5.41) is 18.8. The largest absolute Gasteiger partial charge is 0.504 e. The molecule has 0 bridgehead atoms. The normalized spacial score (nSPS) is 10.7. The topological polar surface area (TPSA) is 82.4 Å². The Morgan fingerprint density at radius 1 is 1.56 bits per heavy atom. The van der Waals surface area contributed by atoms with Crippen LogP contribution in [-0.2, 0) is 4.79 Å². The summed E-state index contributed by atoms with van der Waals surface area (Å²) in [5.41, 5.74) is 1.06. The first-order valence-electron chi connectivity index (χ1n) is 4.50. The van der Waals surface area contributed by atoms with E-state index in [1.165, 1.54) is 13.2 Å². The Labute approximate surface area is 92.9 Å². The van der Waals surface area contributed by atoms with Crippen LogP contribution in [0.2, 0.25) is 0 Å². The molecule has 84 valence electrons. The van der Waals surface area contributed by atoms with Crippen molar-refractivity contribution >= 4 is 18.7 Å². The number of aromatic hydroxyl groups is 1. The van der Waals surface area contributed by atoms with E-state index < -0.39 is 0 Å². The van der Waals surface area contributed by atoms with Crippen molar-refractivity contribution in [2.75, 3.05) is 7.11 Å². The second-order valence-electron chi connectivity index (χ2n) is 2.94. The molecule has 0 atom stereocenters. The van der Waals surface area contributed by atoms with Gasteiger partial charge in [-0.05, 0) is 23.8 Å². The summed E-state index contributed by atoms with van der Waals surface area (Å²) in [4.78, 5) is 10.2. The monoisotopic (exact) mass is 220 g/mol. The first-order chi connectivity index (χ1) is 7.71. The molecule has 0 fully saturated rings. The quantitative estimate of drug-likeness (QED) is 0.514. The fourth-order valence-corrected chi connectivity index (χ4v) is 1.16. The SMILES string of the molecule is COc1cc(/C=C(/C=N)NC=O)ccc1O. The molecular formula is C11H12N2O3. The van der Waals surface area contributed by atoms with Crippen molar-refractivity contribution in [3.63, 3.8) is 0 Å². The number of methoxy groups -OCH3 is 1. The smallest absolute Gasteiger partial charge is 0.211 e. The summed E-state index contributed by atoms with van der Waals surface area (Å²) in [6.45, 7) is 0. The predicted octanol–water partition coefficient (Wildman–Crippen LogP) is 1.14. The molecule has 0 radical (unpaired) electrons. The van der Waals surface area contributed by atoms with Crippen molar-refractivity contribution in [2.24, 2.45) is 0 Å². The van der Waals surface area contributed by atoms with E-state index in [0.29, 0.717) is 23.4 Å². The Morgan fingerprint density at radius 3 is 2.88 bits per heavy atom. The third-order valence-electron chi connectivity index (χ3n) is 1.91. The number of phenolic OH excluding ortho intramolecular Hbond substituents is 1. The minimum Gasteiger partial charge on any atom is -0.504 e. The molecule has 0 aliphatic carbocycles. The van der Waals surface area contributed by atoms with Crippen molar-refractivity contribution in [2.45, 2.75) is 0 Å². The van der Waals surface area contributed by atoms with Crippen LogP contribution < -0.4 is 10.1 Å². The Balaban J connectivity index is 3.04. The molecule has 5 heteroatoms. The van der Waals surface area contributed by atoms with E-state index in [2.05, 4.69) is 5.32 Å². The zero-order chi connectivity index (χ0) is 12.0. The van der Waals surface area contributed by atoms with E-state index in [1.807, 2.05) is 0 Å². The van der Waals surface area contributed by atoms with Gasteiger partial charge < -0.3 is 20.6 Å². The highest BCUT2D eigenvalue weighted by Crippen LogP contribution is 2.26. The van der Waals surface area contributed by atoms with Crippen LogP contribution in [0.5, 0.6) is 11.5 Å². The number of ether oxygens (including phenoxy) is 1. The van der Waals surface area contributed by atoms with Crippen LogP contribution in [0.3, 0.4) is 0 Å². The predicted molar refractivity (Wildman–Crippen MR) is 60.6 cm³/mol. The molecule has 0 saturated carbocycles. The maximum Gasteiger partial charge on any atom is 0.211 e. The number of amides is 1. The third-order valence-corrected chi connectivity index (χ3v) is 1.91. The van der Waals surface area contributed by atoms with E-state index in [9.17, 15) is 9.90 Å². The lowest BCUT2D eigenvalue weighted by molar-refractivity contribution is -0.108. The second-order valence-corrected chi connectivity index (χ2v) is 2.94. The number of rotatable bonds is 5. The van der Waals surface area contributed by atoms with E-state index in [1.54, 1.807) is 18.2 Å². The molecule has 1 aromatic rings. The molecule has 0 aliphatic rings. The molecule has 5 nitrogen and oxygen atoms in total. The molecule has 0 unspecified atom stereocenters. The lowest BCUT2D eigenvalue weighted by Gasteiger charge is -2.04. The summed E-state index contributed by atoms with van der Waals surface area (Å²) in [6.07, 6.45) is 3.10. The summed E-state index contributed by atoms with van der Waals surface area (Å²) >= 11 is 0. The van der Waals surface area contributed by atoms with E-state index in [0.717, 1.165) is 6.21 Å². The minimum absolute atomic E-state index is 0.0411. The Bertz CT molecular complexity index is 427. The van der Waals surface area contributed by atoms with Gasteiger partial charge in [0.2, 0.25) is 6.41 Å². The van der Waals surface area contributed by atoms with Gasteiger partial charge in [0, 0.05) is 6.21 Å². The fourth-order valence-electron chi connectivity index (χ4n) is 1.16. The Morgan fingerprint density at radius 2 is 2.31 bits per heavy atom. The fraction of sp³-hybridized carbons (Fsp3) is 0.0909. The van der Waals surface area contributed by atoms with Gasteiger partial charge in [-0.1, -0.05) is 6.07 Å². The zero-order valence-electron chi connectivity index (χ0n) is 8.73. The number of benzene rings is 1. The number of carbonyl (C=O) groups excluding carboxylic acids is 1. The first-order valence-corrected chi connectivity index (χ1v) is 4.50. The summed E-state index contributed by atoms with van der Waals surface area (Å²) in [6, 6.07) is 4.73. The van der Waals surface area contributed by atoms with Crippen LogP contribution in [0.25, 0.3) is 6.08 Å². The van der Waals surface area contributed by atoms with Gasteiger partial charge in [-0.3, -0.25) is 4.79 Å². The standard InChI is InChI=1S/C11H12N2O3/c1-16-11-5-8(2-3-10(11)15)4-9(6-12)13-7-14/h2-7,12,15H,1H3,(H,13,14)/b9-4-,12-6?. The van der Waals surface area contributed by atoms with Crippen LogP contribution in [0.1, 0.15) is 5.56 Å². The molecule has 0 heterocycles. The van der Waals surface area contributed by atoms with Gasteiger partial charge in [0.05, 0.1) is 12.8 Å². The molecule has 1 aromatic carbocycles. The maximum atomic E-state index is 10.2. The van der Waals surface area contributed by atoms with Gasteiger partial charge in [-0.15, -0.1) is 0 Å². The highest BCUT2D eigenvalue weighted by Gasteiger charge is 2.01. The maximum absolute atomic E-state index is 10.2. The summed E-state index contributed by atoms with van der Waals surface area (Å²) in [7, 11) is 1.45. The highest BCUT2D eigenvalue weighted by molar-refractivity contribution is 5.86. The van der Waals surface area contributed by atoms with Crippen molar-refractivity contribution in [3.05, 3.63) is 29.5 Å². The Hall–Kier alpha value is -2.30. The lowest BCUT2D eigenvalue weighted by atomic mass is 10.1. The lowest BCUT2D eigenvalue weighted by Crippen LogP contribution is -2.10. The average molecular weight is 220 g/mol. The molecule has 3 N–H and O–H groups in total.